The lowest BCUT2D eigenvalue weighted by molar-refractivity contribution is -0.130. The molecule has 4 amide bonds. The molecule has 1 aromatic carbocycles. The highest BCUT2D eigenvalue weighted by molar-refractivity contribution is 5.95. The van der Waals surface area contributed by atoms with Crippen LogP contribution in [0.5, 0.6) is 0 Å². The molecule has 4 aliphatic carbocycles. The first-order chi connectivity index (χ1) is 19.8. The van der Waals surface area contributed by atoms with Gasteiger partial charge < -0.3 is 16.0 Å². The Bertz CT molecular complexity index is 1010. The van der Waals surface area contributed by atoms with Crippen molar-refractivity contribution in [2.75, 3.05) is 18.4 Å². The molecule has 4 aliphatic rings. The minimum Gasteiger partial charge on any atom is -0.356 e. The Morgan fingerprint density at radius 1 is 0.683 bits per heavy atom. The van der Waals surface area contributed by atoms with Crippen molar-refractivity contribution in [2.45, 2.75) is 103 Å². The lowest BCUT2D eigenvalue weighted by Gasteiger charge is -2.56. The minimum absolute atomic E-state index is 0.0514. The summed E-state index contributed by atoms with van der Waals surface area (Å²) in [4.78, 5) is 48.3. The van der Waals surface area contributed by atoms with Crippen LogP contribution in [0.25, 0.3) is 0 Å². The number of carbonyl (C=O) groups excluding carboxylic acids is 4. The van der Waals surface area contributed by atoms with Gasteiger partial charge in [0.1, 0.15) is 0 Å². The Hall–Kier alpha value is -2.94. The van der Waals surface area contributed by atoms with Crippen LogP contribution in [0.3, 0.4) is 0 Å². The average Bonchev–Trinajstić information content (AvgIpc) is 2.93. The summed E-state index contributed by atoms with van der Waals surface area (Å²) in [6, 6.07) is 6.87. The van der Waals surface area contributed by atoms with Crippen LogP contribution in [0.1, 0.15) is 113 Å². The largest absolute Gasteiger partial charge is 0.356 e. The fraction of sp³-hybridized carbons (Fsp3) is 0.688. The second-order valence-electron chi connectivity index (χ2n) is 12.8. The molecule has 0 heterocycles. The van der Waals surface area contributed by atoms with E-state index in [1.54, 1.807) is 29.7 Å². The quantitative estimate of drug-likeness (QED) is 0.101. The van der Waals surface area contributed by atoms with E-state index in [0.717, 1.165) is 56.3 Å². The summed E-state index contributed by atoms with van der Waals surface area (Å²) < 4.78 is 0. The summed E-state index contributed by atoms with van der Waals surface area (Å²) in [5, 5.41) is 17.4. The Kier molecular flexibility index (Phi) is 11.6. The number of hydroxylamine groups is 1. The molecule has 9 nitrogen and oxygen atoms in total. The Labute approximate surface area is 243 Å². The van der Waals surface area contributed by atoms with Gasteiger partial charge >= 0.3 is 0 Å². The van der Waals surface area contributed by atoms with Gasteiger partial charge in [0, 0.05) is 43.6 Å². The number of carbonyl (C=O) groups is 4. The van der Waals surface area contributed by atoms with Gasteiger partial charge in [-0.3, -0.25) is 24.4 Å². The monoisotopic (exact) mass is 568 g/mol. The maximum Gasteiger partial charge on any atom is 0.251 e. The van der Waals surface area contributed by atoms with E-state index in [4.69, 9.17) is 5.21 Å². The van der Waals surface area contributed by atoms with E-state index >= 15 is 0 Å². The highest BCUT2D eigenvalue weighted by Gasteiger charge is 2.51. The number of rotatable bonds is 17. The fourth-order valence-electron chi connectivity index (χ4n) is 7.78. The molecule has 5 N–H and O–H groups in total. The molecule has 0 saturated heterocycles. The molecule has 0 radical (unpaired) electrons. The summed E-state index contributed by atoms with van der Waals surface area (Å²) in [6.07, 6.45) is 15.2. The zero-order valence-electron chi connectivity index (χ0n) is 24.3. The summed E-state index contributed by atoms with van der Waals surface area (Å²) in [5.74, 6) is 2.22. The van der Waals surface area contributed by atoms with Crippen LogP contribution in [0, 0.1) is 23.2 Å². The molecule has 41 heavy (non-hydrogen) atoms. The smallest absolute Gasteiger partial charge is 0.251 e. The highest BCUT2D eigenvalue weighted by atomic mass is 16.5. The second-order valence-corrected chi connectivity index (χ2v) is 12.8. The average molecular weight is 569 g/mol. The Morgan fingerprint density at radius 2 is 1.22 bits per heavy atom. The Morgan fingerprint density at radius 3 is 1.83 bits per heavy atom. The molecule has 0 unspecified atom stereocenters. The van der Waals surface area contributed by atoms with E-state index in [9.17, 15) is 19.2 Å². The van der Waals surface area contributed by atoms with Crippen LogP contribution in [0.15, 0.2) is 24.3 Å². The maximum atomic E-state index is 12.6. The zero-order valence-corrected chi connectivity index (χ0v) is 24.3. The van der Waals surface area contributed by atoms with Gasteiger partial charge in [-0.2, -0.15) is 0 Å². The van der Waals surface area contributed by atoms with Crippen LogP contribution in [-0.2, 0) is 14.4 Å². The van der Waals surface area contributed by atoms with E-state index in [-0.39, 0.29) is 29.0 Å². The molecule has 4 fully saturated rings. The first-order valence-electron chi connectivity index (χ1n) is 15.7. The molecule has 4 bridgehead atoms. The van der Waals surface area contributed by atoms with Crippen LogP contribution >= 0.6 is 0 Å². The van der Waals surface area contributed by atoms with Crippen molar-refractivity contribution in [3.63, 3.8) is 0 Å². The summed E-state index contributed by atoms with van der Waals surface area (Å²) in [6.45, 7) is 1.23. The van der Waals surface area contributed by atoms with E-state index in [1.807, 2.05) is 0 Å². The fourth-order valence-corrected chi connectivity index (χ4v) is 7.78. The van der Waals surface area contributed by atoms with E-state index in [1.165, 1.54) is 38.5 Å². The van der Waals surface area contributed by atoms with Crippen LogP contribution < -0.4 is 21.4 Å². The number of anilines is 1. The van der Waals surface area contributed by atoms with Gasteiger partial charge in [-0.05, 0) is 112 Å². The first-order valence-corrected chi connectivity index (χ1v) is 15.7. The second kappa shape index (κ2) is 15.3. The number of hydrogen-bond donors (Lipinski definition) is 5. The standard InChI is InChI=1S/C32H48N4O5/c37-28(35-27-12-10-26(11-13-27)31(40)34-15-6-2-1-4-9-29(38)36-41)8-5-3-7-14-33-30(39)22-32-19-23-16-24(20-32)18-25(17-23)21-32/h10-13,23-25,41H,1-9,14-22H2,(H,33,39)(H,34,40)(H,35,37)(H,36,38). The molecular formula is C32H48N4O5. The normalized spacial score (nSPS) is 24.1. The molecule has 4 saturated carbocycles. The van der Waals surface area contributed by atoms with Gasteiger partial charge in [0.2, 0.25) is 17.7 Å². The molecule has 9 heteroatoms. The summed E-state index contributed by atoms with van der Waals surface area (Å²) in [5.41, 5.74) is 3.10. The first kappa shape index (κ1) is 31.0. The lowest BCUT2D eigenvalue weighted by Crippen LogP contribution is -2.48. The maximum absolute atomic E-state index is 12.6. The SMILES string of the molecule is O=C(CCCCCCNC(=O)c1ccc(NC(=O)CCCCCNC(=O)CC23CC4CC(CC(C4)C2)C3)cc1)NO. The third kappa shape index (κ3) is 9.83. The molecule has 0 atom stereocenters. The van der Waals surface area contributed by atoms with Crippen LogP contribution in [0.2, 0.25) is 0 Å². The molecule has 1 aromatic rings. The van der Waals surface area contributed by atoms with Crippen molar-refractivity contribution in [1.29, 1.82) is 0 Å². The number of benzene rings is 1. The highest BCUT2D eigenvalue weighted by Crippen LogP contribution is 2.61. The van der Waals surface area contributed by atoms with Gasteiger partial charge in [-0.15, -0.1) is 0 Å². The predicted octanol–water partition coefficient (Wildman–Crippen LogP) is 5.09. The summed E-state index contributed by atoms with van der Waals surface area (Å²) in [7, 11) is 0. The van der Waals surface area contributed by atoms with Gasteiger partial charge in [-0.1, -0.05) is 19.3 Å². The van der Waals surface area contributed by atoms with Crippen molar-refractivity contribution in [2.24, 2.45) is 23.2 Å². The van der Waals surface area contributed by atoms with Crippen molar-refractivity contribution in [3.8, 4) is 0 Å². The van der Waals surface area contributed by atoms with E-state index in [0.29, 0.717) is 50.0 Å². The minimum atomic E-state index is -0.378. The Balaban J connectivity index is 1.01. The van der Waals surface area contributed by atoms with E-state index in [2.05, 4.69) is 16.0 Å². The van der Waals surface area contributed by atoms with Gasteiger partial charge in [0.15, 0.2) is 0 Å². The number of amides is 4. The molecule has 0 aromatic heterocycles. The predicted molar refractivity (Wildman–Crippen MR) is 157 cm³/mol. The molecule has 226 valence electrons. The topological polar surface area (TPSA) is 137 Å². The molecular weight excluding hydrogens is 520 g/mol. The number of nitrogens with one attached hydrogen (secondary N) is 4. The molecule has 0 spiro atoms. The van der Waals surface area contributed by atoms with Gasteiger partial charge in [-0.25, -0.2) is 5.48 Å². The van der Waals surface area contributed by atoms with Gasteiger partial charge in [0.05, 0.1) is 0 Å². The third-order valence-electron chi connectivity index (χ3n) is 9.28. The van der Waals surface area contributed by atoms with Crippen LogP contribution in [0.4, 0.5) is 5.69 Å². The van der Waals surface area contributed by atoms with Crippen molar-refractivity contribution in [3.05, 3.63) is 29.8 Å². The van der Waals surface area contributed by atoms with Crippen LogP contribution in [-0.4, -0.2) is 41.9 Å². The zero-order chi connectivity index (χ0) is 29.1. The summed E-state index contributed by atoms with van der Waals surface area (Å²) >= 11 is 0. The van der Waals surface area contributed by atoms with Crippen molar-refractivity contribution >= 4 is 29.3 Å². The molecule has 0 aliphatic heterocycles. The van der Waals surface area contributed by atoms with Crippen molar-refractivity contribution in [1.82, 2.24) is 16.1 Å². The number of unbranched alkanes of at least 4 members (excludes halogenated alkanes) is 5. The third-order valence-corrected chi connectivity index (χ3v) is 9.28. The lowest BCUT2D eigenvalue weighted by atomic mass is 9.49. The number of hydrogen-bond acceptors (Lipinski definition) is 5. The van der Waals surface area contributed by atoms with Gasteiger partial charge in [0.25, 0.3) is 5.91 Å². The van der Waals surface area contributed by atoms with Crippen molar-refractivity contribution < 1.29 is 24.4 Å². The molecule has 5 rings (SSSR count). The van der Waals surface area contributed by atoms with E-state index < -0.39 is 0 Å².